The zero-order valence-electron chi connectivity index (χ0n) is 9.59. The summed E-state index contributed by atoms with van der Waals surface area (Å²) in [5.74, 6) is 0.610. The van der Waals surface area contributed by atoms with Crippen LogP contribution in [-0.4, -0.2) is 37.3 Å². The van der Waals surface area contributed by atoms with Crippen LogP contribution in [0.2, 0.25) is 0 Å². The van der Waals surface area contributed by atoms with Crippen molar-refractivity contribution in [1.29, 1.82) is 0 Å². The van der Waals surface area contributed by atoms with Gasteiger partial charge in [0.1, 0.15) is 0 Å². The maximum atomic E-state index is 10.7. The largest absolute Gasteiger partial charge is 0.478 e. The smallest absolute Gasteiger partial charge is 0.225 e. The van der Waals surface area contributed by atoms with E-state index in [2.05, 4.69) is 15.3 Å². The minimum absolute atomic E-state index is 0.163. The van der Waals surface area contributed by atoms with Gasteiger partial charge in [0.25, 0.3) is 0 Å². The summed E-state index contributed by atoms with van der Waals surface area (Å²) in [6.07, 6.45) is 2.43. The zero-order valence-corrected chi connectivity index (χ0v) is 10.4. The summed E-state index contributed by atoms with van der Waals surface area (Å²) in [4.78, 5) is 7.98. The molecule has 0 saturated carbocycles. The third-order valence-electron chi connectivity index (χ3n) is 1.75. The number of sulfonamides is 1. The normalized spacial score (nSPS) is 11.2. The van der Waals surface area contributed by atoms with Crippen LogP contribution in [0.25, 0.3) is 0 Å². The van der Waals surface area contributed by atoms with Crippen molar-refractivity contribution in [3.63, 3.8) is 0 Å². The average Bonchev–Trinajstić information content (AvgIpc) is 2.25. The van der Waals surface area contributed by atoms with Gasteiger partial charge in [0, 0.05) is 18.8 Å². The van der Waals surface area contributed by atoms with E-state index in [-0.39, 0.29) is 12.3 Å². The van der Waals surface area contributed by atoms with Crippen molar-refractivity contribution in [3.8, 4) is 5.88 Å². The summed E-state index contributed by atoms with van der Waals surface area (Å²) in [6.45, 7) is 2.73. The molecule has 1 aromatic rings. The molecule has 7 nitrogen and oxygen atoms in total. The summed E-state index contributed by atoms with van der Waals surface area (Å²) in [6, 6.07) is 1.64. The van der Waals surface area contributed by atoms with E-state index in [4.69, 9.17) is 9.88 Å². The van der Waals surface area contributed by atoms with Gasteiger partial charge in [0.2, 0.25) is 21.9 Å². The molecule has 0 unspecified atom stereocenters. The lowest BCUT2D eigenvalue weighted by atomic mass is 10.5. The number of nitrogens with zero attached hydrogens (tertiary/aromatic N) is 2. The summed E-state index contributed by atoms with van der Waals surface area (Å²) < 4.78 is 26.7. The molecular weight excluding hydrogens is 244 g/mol. The highest BCUT2D eigenvalue weighted by Crippen LogP contribution is 2.08. The maximum Gasteiger partial charge on any atom is 0.225 e. The molecule has 0 bridgehead atoms. The molecule has 1 heterocycles. The Kier molecular flexibility index (Phi) is 5.11. The van der Waals surface area contributed by atoms with E-state index in [1.54, 1.807) is 6.07 Å². The molecule has 0 spiro atoms. The van der Waals surface area contributed by atoms with Gasteiger partial charge in [-0.05, 0) is 6.42 Å². The topological polar surface area (TPSA) is 107 Å². The Morgan fingerprint density at radius 1 is 1.53 bits per heavy atom. The average molecular weight is 260 g/mol. The van der Waals surface area contributed by atoms with E-state index in [1.807, 2.05) is 6.92 Å². The van der Waals surface area contributed by atoms with Crippen molar-refractivity contribution in [2.45, 2.75) is 13.3 Å². The highest BCUT2D eigenvalue weighted by molar-refractivity contribution is 7.89. The molecule has 96 valence electrons. The molecule has 0 amide bonds. The Labute approximate surface area is 100 Å². The molecule has 0 aliphatic rings. The number of hydrogen-bond acceptors (Lipinski definition) is 6. The van der Waals surface area contributed by atoms with Crippen LogP contribution in [0.5, 0.6) is 5.88 Å². The molecule has 0 saturated heterocycles. The fraction of sp³-hybridized carbons (Fsp3) is 0.556. The lowest BCUT2D eigenvalue weighted by Gasteiger charge is -2.06. The Bertz CT molecular complexity index is 449. The van der Waals surface area contributed by atoms with Crippen molar-refractivity contribution < 1.29 is 13.2 Å². The molecule has 8 heteroatoms. The number of hydrogen-bond donors (Lipinski definition) is 2. The second-order valence-corrected chi connectivity index (χ2v) is 5.09. The monoisotopic (exact) mass is 260 g/mol. The molecule has 1 rings (SSSR count). The van der Waals surface area contributed by atoms with Gasteiger partial charge in [-0.15, -0.1) is 0 Å². The molecule has 0 aromatic carbocycles. The van der Waals surface area contributed by atoms with Crippen LogP contribution in [0.1, 0.15) is 13.3 Å². The molecule has 0 atom stereocenters. The number of anilines is 1. The highest BCUT2D eigenvalue weighted by Gasteiger charge is 2.03. The Hall–Kier alpha value is -1.41. The Morgan fingerprint density at radius 2 is 2.29 bits per heavy atom. The molecule has 0 fully saturated rings. The first-order valence-corrected chi connectivity index (χ1v) is 6.93. The van der Waals surface area contributed by atoms with Crippen molar-refractivity contribution in [2.75, 3.05) is 24.2 Å². The molecule has 0 aliphatic heterocycles. The van der Waals surface area contributed by atoms with Crippen LogP contribution in [0.3, 0.4) is 0 Å². The molecule has 3 N–H and O–H groups in total. The van der Waals surface area contributed by atoms with E-state index in [9.17, 15) is 8.42 Å². The third kappa shape index (κ3) is 6.03. The predicted octanol–water partition coefficient (Wildman–Crippen LogP) is -0.0342. The molecule has 17 heavy (non-hydrogen) atoms. The molecule has 0 aliphatic carbocycles. The SMILES string of the molecule is CCCOc1ccnc(NCCS(N)(=O)=O)n1. The summed E-state index contributed by atoms with van der Waals surface area (Å²) in [5.41, 5.74) is 0. The summed E-state index contributed by atoms with van der Waals surface area (Å²) >= 11 is 0. The number of ether oxygens (including phenoxy) is 1. The van der Waals surface area contributed by atoms with Gasteiger partial charge in [-0.25, -0.2) is 18.5 Å². The Balaban J connectivity index is 2.48. The number of rotatable bonds is 7. The van der Waals surface area contributed by atoms with Gasteiger partial charge < -0.3 is 10.1 Å². The van der Waals surface area contributed by atoms with Crippen molar-refractivity contribution in [3.05, 3.63) is 12.3 Å². The fourth-order valence-corrected chi connectivity index (χ4v) is 1.41. The molecular formula is C9H16N4O3S. The van der Waals surface area contributed by atoms with Gasteiger partial charge in [0.05, 0.1) is 12.4 Å². The van der Waals surface area contributed by atoms with Crippen LogP contribution in [0.15, 0.2) is 12.3 Å². The van der Waals surface area contributed by atoms with Gasteiger partial charge >= 0.3 is 0 Å². The lowest BCUT2D eigenvalue weighted by molar-refractivity contribution is 0.305. The quantitative estimate of drug-likeness (QED) is 0.712. The first kappa shape index (κ1) is 13.7. The van der Waals surface area contributed by atoms with Crippen molar-refractivity contribution in [1.82, 2.24) is 9.97 Å². The van der Waals surface area contributed by atoms with E-state index < -0.39 is 10.0 Å². The molecule has 1 aromatic heterocycles. The summed E-state index contributed by atoms with van der Waals surface area (Å²) in [7, 11) is -3.47. The first-order valence-electron chi connectivity index (χ1n) is 5.21. The zero-order chi connectivity index (χ0) is 12.7. The minimum atomic E-state index is -3.47. The van der Waals surface area contributed by atoms with Crippen LogP contribution in [0.4, 0.5) is 5.95 Å². The van der Waals surface area contributed by atoms with Crippen LogP contribution in [-0.2, 0) is 10.0 Å². The minimum Gasteiger partial charge on any atom is -0.478 e. The van der Waals surface area contributed by atoms with Gasteiger partial charge in [0.15, 0.2) is 0 Å². The van der Waals surface area contributed by atoms with Crippen LogP contribution < -0.4 is 15.2 Å². The van der Waals surface area contributed by atoms with E-state index >= 15 is 0 Å². The van der Waals surface area contributed by atoms with E-state index in [0.717, 1.165) is 6.42 Å². The number of nitrogens with one attached hydrogen (secondary N) is 1. The maximum absolute atomic E-state index is 10.7. The fourth-order valence-electron chi connectivity index (χ4n) is 1.02. The van der Waals surface area contributed by atoms with Crippen molar-refractivity contribution >= 4 is 16.0 Å². The van der Waals surface area contributed by atoms with Gasteiger partial charge in [-0.1, -0.05) is 6.92 Å². The second kappa shape index (κ2) is 6.36. The van der Waals surface area contributed by atoms with Gasteiger partial charge in [-0.3, -0.25) is 0 Å². The number of primary sulfonamides is 1. The number of nitrogens with two attached hydrogens (primary N) is 1. The summed E-state index contributed by atoms with van der Waals surface area (Å²) in [5, 5.41) is 7.62. The number of aromatic nitrogens is 2. The molecule has 0 radical (unpaired) electrons. The highest BCUT2D eigenvalue weighted by atomic mass is 32.2. The van der Waals surface area contributed by atoms with Crippen molar-refractivity contribution in [2.24, 2.45) is 5.14 Å². The first-order chi connectivity index (χ1) is 8.01. The predicted molar refractivity (Wildman–Crippen MR) is 64.3 cm³/mol. The van der Waals surface area contributed by atoms with Crippen LogP contribution in [0, 0.1) is 0 Å². The van der Waals surface area contributed by atoms with Gasteiger partial charge in [-0.2, -0.15) is 4.98 Å². The van der Waals surface area contributed by atoms with E-state index in [1.165, 1.54) is 6.20 Å². The third-order valence-corrected chi connectivity index (χ3v) is 2.53. The van der Waals surface area contributed by atoms with E-state index in [0.29, 0.717) is 18.4 Å². The Morgan fingerprint density at radius 3 is 2.94 bits per heavy atom. The standard InChI is InChI=1S/C9H16N4O3S/c1-2-6-16-8-3-4-11-9(13-8)12-5-7-17(10,14)15/h3-4H,2,5-7H2,1H3,(H2,10,14,15)(H,11,12,13). The van der Waals surface area contributed by atoms with Crippen LogP contribution >= 0.6 is 0 Å². The lowest BCUT2D eigenvalue weighted by Crippen LogP contribution is -2.22. The second-order valence-electron chi connectivity index (χ2n) is 3.36.